The molecule has 2 saturated carbocycles. The summed E-state index contributed by atoms with van der Waals surface area (Å²) in [5.74, 6) is 1.81. The normalized spacial score (nSPS) is 32.2. The second-order valence-corrected chi connectivity index (χ2v) is 7.00. The molecule has 0 aromatic heterocycles. The molecule has 2 atom stereocenters. The maximum atomic E-state index is 6.43. The Labute approximate surface area is 119 Å². The standard InChI is InChI=1S/C17H33NO/c1-3-11-18-14-17(10-5-6-15(2)13-17)19-12-9-16-7-4-8-16/h15-16,18H,3-14H2,1-2H3. The van der Waals surface area contributed by atoms with Gasteiger partial charge in [-0.05, 0) is 44.1 Å². The fourth-order valence-electron chi connectivity index (χ4n) is 3.67. The van der Waals surface area contributed by atoms with Crippen LogP contribution in [0.4, 0.5) is 0 Å². The number of hydrogen-bond acceptors (Lipinski definition) is 2. The summed E-state index contributed by atoms with van der Waals surface area (Å²) in [7, 11) is 0. The van der Waals surface area contributed by atoms with E-state index in [1.165, 1.54) is 57.8 Å². The summed E-state index contributed by atoms with van der Waals surface area (Å²) < 4.78 is 6.43. The van der Waals surface area contributed by atoms with E-state index in [-0.39, 0.29) is 5.60 Å². The van der Waals surface area contributed by atoms with E-state index in [1.807, 2.05) is 0 Å². The van der Waals surface area contributed by atoms with Crippen molar-refractivity contribution in [1.29, 1.82) is 0 Å². The summed E-state index contributed by atoms with van der Waals surface area (Å²) in [5.41, 5.74) is 0.149. The maximum absolute atomic E-state index is 6.43. The van der Waals surface area contributed by atoms with E-state index in [9.17, 15) is 0 Å². The lowest BCUT2D eigenvalue weighted by Gasteiger charge is -2.41. The summed E-state index contributed by atoms with van der Waals surface area (Å²) in [5, 5.41) is 3.61. The molecule has 0 radical (unpaired) electrons. The van der Waals surface area contributed by atoms with Crippen molar-refractivity contribution < 1.29 is 4.74 Å². The Morgan fingerprint density at radius 2 is 2.05 bits per heavy atom. The molecule has 0 aliphatic heterocycles. The van der Waals surface area contributed by atoms with Gasteiger partial charge < -0.3 is 10.1 Å². The monoisotopic (exact) mass is 267 g/mol. The minimum Gasteiger partial charge on any atom is -0.374 e. The summed E-state index contributed by atoms with van der Waals surface area (Å²) in [4.78, 5) is 0. The van der Waals surface area contributed by atoms with Gasteiger partial charge in [0.2, 0.25) is 0 Å². The largest absolute Gasteiger partial charge is 0.374 e. The minimum absolute atomic E-state index is 0.149. The van der Waals surface area contributed by atoms with Gasteiger partial charge in [0.15, 0.2) is 0 Å². The van der Waals surface area contributed by atoms with Gasteiger partial charge in [-0.25, -0.2) is 0 Å². The van der Waals surface area contributed by atoms with Crippen molar-refractivity contribution in [3.8, 4) is 0 Å². The van der Waals surface area contributed by atoms with Crippen molar-refractivity contribution in [3.05, 3.63) is 0 Å². The van der Waals surface area contributed by atoms with Gasteiger partial charge >= 0.3 is 0 Å². The van der Waals surface area contributed by atoms with Gasteiger partial charge in [0.25, 0.3) is 0 Å². The van der Waals surface area contributed by atoms with Gasteiger partial charge in [0, 0.05) is 13.2 Å². The fraction of sp³-hybridized carbons (Fsp3) is 1.00. The maximum Gasteiger partial charge on any atom is 0.0808 e. The van der Waals surface area contributed by atoms with E-state index in [0.29, 0.717) is 0 Å². The van der Waals surface area contributed by atoms with Crippen molar-refractivity contribution in [2.45, 2.75) is 77.2 Å². The van der Waals surface area contributed by atoms with E-state index in [4.69, 9.17) is 4.74 Å². The molecule has 2 rings (SSSR count). The first-order valence-corrected chi connectivity index (χ1v) is 8.59. The first kappa shape index (κ1) is 15.3. The van der Waals surface area contributed by atoms with E-state index in [1.54, 1.807) is 0 Å². The lowest BCUT2D eigenvalue weighted by atomic mass is 9.78. The Balaban J connectivity index is 1.77. The highest BCUT2D eigenvalue weighted by Crippen LogP contribution is 2.36. The highest BCUT2D eigenvalue weighted by atomic mass is 16.5. The summed E-state index contributed by atoms with van der Waals surface area (Å²) in [6.07, 6.45) is 12.1. The summed E-state index contributed by atoms with van der Waals surface area (Å²) >= 11 is 0. The van der Waals surface area contributed by atoms with Gasteiger partial charge in [-0.15, -0.1) is 0 Å². The molecular formula is C17H33NO. The minimum atomic E-state index is 0.149. The summed E-state index contributed by atoms with van der Waals surface area (Å²) in [6, 6.07) is 0. The molecule has 112 valence electrons. The molecule has 2 heteroatoms. The van der Waals surface area contributed by atoms with Crippen LogP contribution in [0, 0.1) is 11.8 Å². The third-order valence-corrected chi connectivity index (χ3v) is 5.08. The molecule has 2 aliphatic carbocycles. The highest BCUT2D eigenvalue weighted by Gasteiger charge is 2.35. The fourth-order valence-corrected chi connectivity index (χ4v) is 3.67. The first-order chi connectivity index (χ1) is 9.24. The zero-order chi connectivity index (χ0) is 13.6. The Hall–Kier alpha value is -0.0800. The van der Waals surface area contributed by atoms with Crippen molar-refractivity contribution in [1.82, 2.24) is 5.32 Å². The number of ether oxygens (including phenoxy) is 1. The Bertz CT molecular complexity index is 252. The van der Waals surface area contributed by atoms with Crippen LogP contribution in [0.5, 0.6) is 0 Å². The van der Waals surface area contributed by atoms with Gasteiger partial charge in [0.05, 0.1) is 5.60 Å². The van der Waals surface area contributed by atoms with Crippen molar-refractivity contribution in [3.63, 3.8) is 0 Å². The van der Waals surface area contributed by atoms with Crippen LogP contribution in [0.1, 0.15) is 71.6 Å². The average Bonchev–Trinajstić information content (AvgIpc) is 2.33. The highest BCUT2D eigenvalue weighted by molar-refractivity contribution is 4.89. The molecule has 2 fully saturated rings. The van der Waals surface area contributed by atoms with Crippen LogP contribution in [-0.2, 0) is 4.74 Å². The number of nitrogens with one attached hydrogen (secondary N) is 1. The third kappa shape index (κ3) is 4.75. The second kappa shape index (κ2) is 7.64. The zero-order valence-electron chi connectivity index (χ0n) is 13.0. The second-order valence-electron chi connectivity index (χ2n) is 7.00. The quantitative estimate of drug-likeness (QED) is 0.667. The molecule has 0 bridgehead atoms. The van der Waals surface area contributed by atoms with Crippen molar-refractivity contribution in [2.24, 2.45) is 11.8 Å². The molecule has 2 unspecified atom stereocenters. The molecule has 1 N–H and O–H groups in total. The molecule has 2 nitrogen and oxygen atoms in total. The zero-order valence-corrected chi connectivity index (χ0v) is 13.0. The Kier molecular flexibility index (Phi) is 6.15. The van der Waals surface area contributed by atoms with E-state index >= 15 is 0 Å². The molecule has 19 heavy (non-hydrogen) atoms. The van der Waals surface area contributed by atoms with Gasteiger partial charge in [-0.3, -0.25) is 0 Å². The van der Waals surface area contributed by atoms with Crippen molar-refractivity contribution >= 4 is 0 Å². The predicted octanol–water partition coefficient (Wildman–Crippen LogP) is 4.14. The Morgan fingerprint density at radius 3 is 2.68 bits per heavy atom. The molecule has 0 amide bonds. The van der Waals surface area contributed by atoms with Crippen molar-refractivity contribution in [2.75, 3.05) is 19.7 Å². The molecule has 0 aromatic carbocycles. The average molecular weight is 267 g/mol. The molecule has 0 saturated heterocycles. The topological polar surface area (TPSA) is 21.3 Å². The molecular weight excluding hydrogens is 234 g/mol. The van der Waals surface area contributed by atoms with Gasteiger partial charge in [-0.2, -0.15) is 0 Å². The van der Waals surface area contributed by atoms with Crippen LogP contribution in [0.25, 0.3) is 0 Å². The third-order valence-electron chi connectivity index (χ3n) is 5.08. The van der Waals surface area contributed by atoms with Gasteiger partial charge in [0.1, 0.15) is 0 Å². The lowest BCUT2D eigenvalue weighted by molar-refractivity contribution is -0.0848. The molecule has 2 aliphatic rings. The molecule has 0 aromatic rings. The SMILES string of the molecule is CCCNCC1(OCCC2CCC2)CCCC(C)C1. The van der Waals surface area contributed by atoms with E-state index < -0.39 is 0 Å². The van der Waals surface area contributed by atoms with Gasteiger partial charge in [-0.1, -0.05) is 46.0 Å². The predicted molar refractivity (Wildman–Crippen MR) is 81.4 cm³/mol. The van der Waals surface area contributed by atoms with Crippen LogP contribution in [0.2, 0.25) is 0 Å². The van der Waals surface area contributed by atoms with Crippen LogP contribution in [-0.4, -0.2) is 25.3 Å². The van der Waals surface area contributed by atoms with Crippen LogP contribution in [0.15, 0.2) is 0 Å². The molecule has 0 spiro atoms. The number of rotatable bonds is 8. The first-order valence-electron chi connectivity index (χ1n) is 8.59. The Morgan fingerprint density at radius 1 is 1.21 bits per heavy atom. The van der Waals surface area contributed by atoms with Crippen LogP contribution >= 0.6 is 0 Å². The van der Waals surface area contributed by atoms with Crippen LogP contribution < -0.4 is 5.32 Å². The lowest BCUT2D eigenvalue weighted by Crippen LogP contribution is -2.47. The smallest absolute Gasteiger partial charge is 0.0808 e. The number of hydrogen-bond donors (Lipinski definition) is 1. The van der Waals surface area contributed by atoms with E-state index in [2.05, 4.69) is 19.2 Å². The van der Waals surface area contributed by atoms with Crippen LogP contribution in [0.3, 0.4) is 0 Å². The molecule has 0 heterocycles. The van der Waals surface area contributed by atoms with E-state index in [0.717, 1.165) is 31.5 Å². The summed E-state index contributed by atoms with van der Waals surface area (Å²) in [6.45, 7) is 7.81.